The van der Waals surface area contributed by atoms with Crippen LogP contribution in [0.25, 0.3) is 45.9 Å². The highest BCUT2D eigenvalue weighted by Gasteiger charge is 2.16. The molecule has 0 aliphatic carbocycles. The number of hydrogen-bond acceptors (Lipinski definition) is 3. The Balaban J connectivity index is 1.66. The molecule has 4 aromatic rings. The Morgan fingerprint density at radius 2 is 1.28 bits per heavy atom. The van der Waals surface area contributed by atoms with Crippen molar-refractivity contribution in [1.82, 2.24) is 19.9 Å². The van der Waals surface area contributed by atoms with Gasteiger partial charge in [-0.3, -0.25) is 0 Å². The van der Waals surface area contributed by atoms with Gasteiger partial charge in [-0.05, 0) is 72.8 Å². The summed E-state index contributed by atoms with van der Waals surface area (Å²) in [4.78, 5) is 16.4. The first-order valence-corrected chi connectivity index (χ1v) is 10.3. The zero-order valence-electron chi connectivity index (χ0n) is 17.0. The minimum atomic E-state index is 0.621. The van der Waals surface area contributed by atoms with E-state index in [0.29, 0.717) is 5.56 Å². The summed E-state index contributed by atoms with van der Waals surface area (Å²) in [5.41, 5.74) is 9.66. The van der Waals surface area contributed by atoms with Crippen molar-refractivity contribution in [3.8, 4) is 6.07 Å². The zero-order valence-corrected chi connectivity index (χ0v) is 17.0. The van der Waals surface area contributed by atoms with E-state index in [1.165, 1.54) is 0 Å². The van der Waals surface area contributed by atoms with Crippen LogP contribution in [-0.2, 0) is 0 Å². The van der Waals surface area contributed by atoms with Gasteiger partial charge < -0.3 is 9.97 Å². The van der Waals surface area contributed by atoms with Gasteiger partial charge in [0.05, 0.1) is 34.4 Å². The number of nitriles is 1. The molecule has 5 heterocycles. The van der Waals surface area contributed by atoms with Crippen molar-refractivity contribution in [1.29, 1.82) is 5.26 Å². The number of hydrogen-bond donors (Lipinski definition) is 2. The fourth-order valence-electron chi connectivity index (χ4n) is 4.05. The van der Waals surface area contributed by atoms with Crippen LogP contribution in [0.1, 0.15) is 33.9 Å². The lowest BCUT2D eigenvalue weighted by molar-refractivity contribution is 1.27. The van der Waals surface area contributed by atoms with Gasteiger partial charge in [0.15, 0.2) is 0 Å². The Bertz CT molecular complexity index is 1640. The Hall–Kier alpha value is -4.69. The van der Waals surface area contributed by atoms with E-state index in [2.05, 4.69) is 22.1 Å². The van der Waals surface area contributed by atoms with Crippen molar-refractivity contribution >= 4 is 45.9 Å². The Morgan fingerprint density at radius 3 is 2.00 bits per heavy atom. The number of nitrogens with zero attached hydrogens (tertiary/aromatic N) is 3. The van der Waals surface area contributed by atoms with Crippen molar-refractivity contribution in [2.75, 3.05) is 0 Å². The van der Waals surface area contributed by atoms with Crippen LogP contribution in [0, 0.1) is 11.3 Å². The van der Waals surface area contributed by atoms with Crippen LogP contribution in [0.5, 0.6) is 0 Å². The molecule has 5 nitrogen and oxygen atoms in total. The van der Waals surface area contributed by atoms with E-state index in [4.69, 9.17) is 9.97 Å². The van der Waals surface area contributed by atoms with Crippen LogP contribution < -0.4 is 0 Å². The van der Waals surface area contributed by atoms with E-state index in [-0.39, 0.29) is 0 Å². The molecular weight excluding hydrogens is 394 g/mol. The molecule has 3 aromatic heterocycles. The van der Waals surface area contributed by atoms with Gasteiger partial charge in [0, 0.05) is 33.2 Å². The minimum Gasteiger partial charge on any atom is -0.355 e. The molecule has 0 saturated heterocycles. The van der Waals surface area contributed by atoms with Crippen molar-refractivity contribution < 1.29 is 0 Å². The first-order chi connectivity index (χ1) is 15.7. The number of nitrogens with one attached hydrogen (secondary N) is 2. The molecular formula is C27H17N5. The molecule has 0 fully saturated rings. The molecule has 0 saturated carbocycles. The topological polar surface area (TPSA) is 81.2 Å². The predicted octanol–water partition coefficient (Wildman–Crippen LogP) is 5.95. The molecule has 2 aliphatic heterocycles. The monoisotopic (exact) mass is 411 g/mol. The summed E-state index contributed by atoms with van der Waals surface area (Å²) in [6.07, 6.45) is 6.00. The van der Waals surface area contributed by atoms with Crippen LogP contribution in [-0.4, -0.2) is 19.9 Å². The van der Waals surface area contributed by atoms with E-state index >= 15 is 0 Å². The van der Waals surface area contributed by atoms with Gasteiger partial charge in [-0.1, -0.05) is 18.2 Å². The molecule has 6 rings (SSSR count). The SMILES string of the molecule is N#Cc1ccccc1C1=Cc2cc3ccc(cc4ccc(cc5nc(cc1n2)C=C5)[nH]4)[nH]3. The predicted molar refractivity (Wildman–Crippen MR) is 128 cm³/mol. The van der Waals surface area contributed by atoms with Crippen LogP contribution in [0.4, 0.5) is 0 Å². The lowest BCUT2D eigenvalue weighted by atomic mass is 9.98. The second kappa shape index (κ2) is 7.22. The van der Waals surface area contributed by atoms with Crippen LogP contribution in [0.2, 0.25) is 0 Å². The van der Waals surface area contributed by atoms with Gasteiger partial charge in [0.25, 0.3) is 0 Å². The molecule has 0 unspecified atom stereocenters. The average Bonchev–Trinajstić information content (AvgIpc) is 3.59. The summed E-state index contributed by atoms with van der Waals surface area (Å²) in [5, 5.41) is 9.62. The highest BCUT2D eigenvalue weighted by Crippen LogP contribution is 2.31. The lowest BCUT2D eigenvalue weighted by Crippen LogP contribution is -1.90. The zero-order chi connectivity index (χ0) is 21.5. The third-order valence-electron chi connectivity index (χ3n) is 5.50. The second-order valence-corrected chi connectivity index (χ2v) is 7.75. The number of benzene rings is 1. The van der Waals surface area contributed by atoms with Gasteiger partial charge in [-0.15, -0.1) is 0 Å². The molecule has 32 heavy (non-hydrogen) atoms. The second-order valence-electron chi connectivity index (χ2n) is 7.75. The Kier molecular flexibility index (Phi) is 4.09. The van der Waals surface area contributed by atoms with E-state index in [1.54, 1.807) is 0 Å². The Morgan fingerprint density at radius 1 is 0.656 bits per heavy atom. The van der Waals surface area contributed by atoms with Gasteiger partial charge in [-0.2, -0.15) is 5.26 Å². The molecule has 8 bridgehead atoms. The molecule has 2 N–H and O–H groups in total. The third kappa shape index (κ3) is 3.30. The number of fused-ring (bicyclic) bond motifs is 8. The summed E-state index contributed by atoms with van der Waals surface area (Å²) in [6, 6.07) is 26.1. The maximum atomic E-state index is 9.62. The molecule has 0 spiro atoms. The molecule has 5 heteroatoms. The fraction of sp³-hybridized carbons (Fsp3) is 0. The molecule has 0 amide bonds. The number of rotatable bonds is 1. The molecule has 1 aromatic carbocycles. The molecule has 0 radical (unpaired) electrons. The van der Waals surface area contributed by atoms with Crippen LogP contribution in [0.3, 0.4) is 0 Å². The Labute approximate surface area is 184 Å². The maximum Gasteiger partial charge on any atom is 0.0998 e. The van der Waals surface area contributed by atoms with Crippen molar-refractivity contribution in [2.24, 2.45) is 0 Å². The quantitative estimate of drug-likeness (QED) is 0.351. The standard InChI is InChI=1S/C27H17N5/c28-16-17-3-1-2-4-25(17)26-14-24-13-22-8-7-20(30-22)11-18-5-6-19(29-18)12-21-9-10-23(31-21)15-27(26)32-24/h1-15,29-30H. The van der Waals surface area contributed by atoms with E-state index in [0.717, 1.165) is 56.0 Å². The van der Waals surface area contributed by atoms with Crippen molar-refractivity contribution in [3.05, 3.63) is 107 Å². The van der Waals surface area contributed by atoms with Crippen molar-refractivity contribution in [2.45, 2.75) is 0 Å². The molecule has 2 aliphatic rings. The smallest absolute Gasteiger partial charge is 0.0998 e. The number of aromatic amines is 2. The van der Waals surface area contributed by atoms with Crippen LogP contribution >= 0.6 is 0 Å². The van der Waals surface area contributed by atoms with Gasteiger partial charge in [-0.25, -0.2) is 9.97 Å². The number of aromatic nitrogens is 4. The first kappa shape index (κ1) is 18.1. The van der Waals surface area contributed by atoms with E-state index in [1.807, 2.05) is 85.0 Å². The summed E-state index contributed by atoms with van der Waals surface area (Å²) < 4.78 is 0. The summed E-state index contributed by atoms with van der Waals surface area (Å²) in [6.45, 7) is 0. The number of H-pyrrole nitrogens is 2. The van der Waals surface area contributed by atoms with Crippen molar-refractivity contribution in [3.63, 3.8) is 0 Å². The van der Waals surface area contributed by atoms with Gasteiger partial charge >= 0.3 is 0 Å². The largest absolute Gasteiger partial charge is 0.355 e. The van der Waals surface area contributed by atoms with Gasteiger partial charge in [0.2, 0.25) is 0 Å². The third-order valence-corrected chi connectivity index (χ3v) is 5.50. The normalized spacial score (nSPS) is 12.4. The fourth-order valence-corrected chi connectivity index (χ4v) is 4.05. The molecule has 150 valence electrons. The van der Waals surface area contributed by atoms with E-state index < -0.39 is 0 Å². The minimum absolute atomic E-state index is 0.621. The van der Waals surface area contributed by atoms with E-state index in [9.17, 15) is 5.26 Å². The maximum absolute atomic E-state index is 9.62. The van der Waals surface area contributed by atoms with Gasteiger partial charge in [0.1, 0.15) is 0 Å². The first-order valence-electron chi connectivity index (χ1n) is 10.3. The summed E-state index contributed by atoms with van der Waals surface area (Å²) >= 11 is 0. The highest BCUT2D eigenvalue weighted by atomic mass is 14.8. The highest BCUT2D eigenvalue weighted by molar-refractivity contribution is 5.94. The average molecular weight is 411 g/mol. The summed E-state index contributed by atoms with van der Waals surface area (Å²) in [5.74, 6) is 0. The lowest BCUT2D eigenvalue weighted by Gasteiger charge is -2.04. The summed E-state index contributed by atoms with van der Waals surface area (Å²) in [7, 11) is 0. The molecule has 0 atom stereocenters. The van der Waals surface area contributed by atoms with Crippen LogP contribution in [0.15, 0.2) is 72.8 Å².